The SMILES string of the molecule is O=C(CCl)N[C@H](c1ccc(O)cc1)C(F)(F)F. The summed E-state index contributed by atoms with van der Waals surface area (Å²) < 4.78 is 38.0. The van der Waals surface area contributed by atoms with Crippen LogP contribution in [-0.4, -0.2) is 23.1 Å². The first-order chi connectivity index (χ1) is 7.84. The Balaban J connectivity index is 2.98. The number of rotatable bonds is 3. The lowest BCUT2D eigenvalue weighted by molar-refractivity contribution is -0.162. The van der Waals surface area contributed by atoms with Crippen molar-refractivity contribution in [1.29, 1.82) is 0 Å². The van der Waals surface area contributed by atoms with E-state index in [4.69, 9.17) is 16.7 Å². The Bertz CT molecular complexity index is 392. The molecule has 1 rings (SSSR count). The topological polar surface area (TPSA) is 49.3 Å². The molecule has 7 heteroatoms. The molecule has 0 aliphatic carbocycles. The van der Waals surface area contributed by atoms with Crippen LogP contribution in [0.25, 0.3) is 0 Å². The van der Waals surface area contributed by atoms with Crippen LogP contribution in [0.4, 0.5) is 13.2 Å². The Morgan fingerprint density at radius 1 is 1.35 bits per heavy atom. The molecule has 1 atom stereocenters. The smallest absolute Gasteiger partial charge is 0.412 e. The molecule has 1 aromatic carbocycles. The molecular formula is C10H9ClF3NO2. The summed E-state index contributed by atoms with van der Waals surface area (Å²) in [7, 11) is 0. The number of carbonyl (C=O) groups excluding carboxylic acids is 1. The van der Waals surface area contributed by atoms with E-state index in [1.54, 1.807) is 5.32 Å². The molecule has 0 aliphatic heterocycles. The van der Waals surface area contributed by atoms with Gasteiger partial charge in [-0.3, -0.25) is 4.79 Å². The third kappa shape index (κ3) is 3.81. The Kier molecular flexibility index (Phi) is 4.22. The van der Waals surface area contributed by atoms with Gasteiger partial charge in [0.2, 0.25) is 5.91 Å². The maximum absolute atomic E-state index is 12.7. The number of aromatic hydroxyl groups is 1. The molecule has 0 saturated heterocycles. The Morgan fingerprint density at radius 3 is 2.29 bits per heavy atom. The number of benzene rings is 1. The van der Waals surface area contributed by atoms with Crippen molar-refractivity contribution in [1.82, 2.24) is 5.32 Å². The van der Waals surface area contributed by atoms with E-state index in [1.807, 2.05) is 0 Å². The number of amides is 1. The van der Waals surface area contributed by atoms with Gasteiger partial charge in [0.1, 0.15) is 11.6 Å². The second-order valence-electron chi connectivity index (χ2n) is 3.27. The molecule has 1 aromatic rings. The lowest BCUT2D eigenvalue weighted by Gasteiger charge is -2.21. The first-order valence-corrected chi connectivity index (χ1v) is 5.09. The molecule has 0 spiro atoms. The lowest BCUT2D eigenvalue weighted by atomic mass is 10.1. The van der Waals surface area contributed by atoms with Crippen molar-refractivity contribution in [3.8, 4) is 5.75 Å². The van der Waals surface area contributed by atoms with Gasteiger partial charge < -0.3 is 10.4 Å². The summed E-state index contributed by atoms with van der Waals surface area (Å²) in [6.07, 6.45) is -4.63. The van der Waals surface area contributed by atoms with Crippen molar-refractivity contribution < 1.29 is 23.1 Å². The second kappa shape index (κ2) is 5.27. The molecule has 0 bridgehead atoms. The van der Waals surface area contributed by atoms with Gasteiger partial charge in [0.05, 0.1) is 0 Å². The molecule has 0 heterocycles. The summed E-state index contributed by atoms with van der Waals surface area (Å²) in [5.41, 5.74) is -0.172. The summed E-state index contributed by atoms with van der Waals surface area (Å²) in [4.78, 5) is 10.9. The van der Waals surface area contributed by atoms with Crippen LogP contribution in [0, 0.1) is 0 Å². The third-order valence-electron chi connectivity index (χ3n) is 1.98. The highest BCUT2D eigenvalue weighted by Crippen LogP contribution is 2.33. The van der Waals surface area contributed by atoms with Crippen LogP contribution in [-0.2, 0) is 4.79 Å². The van der Waals surface area contributed by atoms with E-state index in [-0.39, 0.29) is 11.3 Å². The molecule has 0 unspecified atom stereocenters. The molecule has 0 fully saturated rings. The Labute approximate surface area is 100 Å². The van der Waals surface area contributed by atoms with Crippen LogP contribution in [0.5, 0.6) is 5.75 Å². The van der Waals surface area contributed by atoms with Gasteiger partial charge in [-0.2, -0.15) is 13.2 Å². The zero-order valence-electron chi connectivity index (χ0n) is 8.46. The average Bonchev–Trinajstić information content (AvgIpc) is 2.25. The average molecular weight is 268 g/mol. The molecule has 3 nitrogen and oxygen atoms in total. The summed E-state index contributed by atoms with van der Waals surface area (Å²) in [5, 5.41) is 10.7. The molecule has 0 aromatic heterocycles. The molecule has 17 heavy (non-hydrogen) atoms. The third-order valence-corrected chi connectivity index (χ3v) is 2.22. The highest BCUT2D eigenvalue weighted by molar-refractivity contribution is 6.27. The standard InChI is InChI=1S/C10H9ClF3NO2/c11-5-8(17)15-9(10(12,13)14)6-1-3-7(16)4-2-6/h1-4,9,16H,5H2,(H,15,17)/t9-/m1/s1. The van der Waals surface area contributed by atoms with Gasteiger partial charge in [-0.15, -0.1) is 11.6 Å². The number of hydrogen-bond donors (Lipinski definition) is 2. The van der Waals surface area contributed by atoms with Gasteiger partial charge in [0.25, 0.3) is 0 Å². The first kappa shape index (κ1) is 13.6. The summed E-state index contributed by atoms with van der Waals surface area (Å²) in [6.45, 7) is 0. The van der Waals surface area contributed by atoms with Crippen LogP contribution in [0.15, 0.2) is 24.3 Å². The van der Waals surface area contributed by atoms with E-state index >= 15 is 0 Å². The minimum absolute atomic E-state index is 0.154. The highest BCUT2D eigenvalue weighted by atomic mass is 35.5. The number of halogens is 4. The molecule has 1 amide bonds. The van der Waals surface area contributed by atoms with Gasteiger partial charge in [-0.25, -0.2) is 0 Å². The zero-order chi connectivity index (χ0) is 13.1. The fourth-order valence-electron chi connectivity index (χ4n) is 1.22. The number of phenols is 1. The van der Waals surface area contributed by atoms with E-state index in [1.165, 1.54) is 0 Å². The van der Waals surface area contributed by atoms with E-state index < -0.39 is 24.0 Å². The van der Waals surface area contributed by atoms with Crippen LogP contribution < -0.4 is 5.32 Å². The largest absolute Gasteiger partial charge is 0.508 e. The van der Waals surface area contributed by atoms with E-state index in [2.05, 4.69) is 0 Å². The monoisotopic (exact) mass is 267 g/mol. The number of phenolic OH excluding ortho intramolecular Hbond substituents is 1. The van der Waals surface area contributed by atoms with Crippen LogP contribution in [0.1, 0.15) is 11.6 Å². The van der Waals surface area contributed by atoms with Crippen LogP contribution in [0.2, 0.25) is 0 Å². The molecule has 0 radical (unpaired) electrons. The van der Waals surface area contributed by atoms with Crippen molar-refractivity contribution in [3.63, 3.8) is 0 Å². The lowest BCUT2D eigenvalue weighted by Crippen LogP contribution is -2.38. The Hall–Kier alpha value is -1.43. The van der Waals surface area contributed by atoms with Crippen molar-refractivity contribution >= 4 is 17.5 Å². The minimum atomic E-state index is -4.63. The van der Waals surface area contributed by atoms with Crippen LogP contribution in [0.3, 0.4) is 0 Å². The summed E-state index contributed by atoms with van der Waals surface area (Å²) in [5.74, 6) is -1.62. The van der Waals surface area contributed by atoms with Crippen molar-refractivity contribution in [2.45, 2.75) is 12.2 Å². The van der Waals surface area contributed by atoms with Crippen LogP contribution >= 0.6 is 11.6 Å². The summed E-state index contributed by atoms with van der Waals surface area (Å²) >= 11 is 5.14. The molecular weight excluding hydrogens is 259 g/mol. The number of alkyl halides is 4. The fourth-order valence-corrected chi connectivity index (χ4v) is 1.30. The van der Waals surface area contributed by atoms with Crippen molar-refractivity contribution in [2.75, 3.05) is 5.88 Å². The zero-order valence-corrected chi connectivity index (χ0v) is 9.22. The highest BCUT2D eigenvalue weighted by Gasteiger charge is 2.41. The maximum atomic E-state index is 12.7. The summed E-state index contributed by atoms with van der Waals surface area (Å²) in [6, 6.07) is 2.26. The minimum Gasteiger partial charge on any atom is -0.508 e. The van der Waals surface area contributed by atoms with Crippen molar-refractivity contribution in [3.05, 3.63) is 29.8 Å². The van der Waals surface area contributed by atoms with E-state index in [0.29, 0.717) is 0 Å². The number of carbonyl (C=O) groups is 1. The molecule has 94 valence electrons. The van der Waals surface area contributed by atoms with Crippen molar-refractivity contribution in [2.24, 2.45) is 0 Å². The van der Waals surface area contributed by atoms with E-state index in [9.17, 15) is 18.0 Å². The van der Waals surface area contributed by atoms with Gasteiger partial charge in [-0.05, 0) is 17.7 Å². The maximum Gasteiger partial charge on any atom is 0.412 e. The molecule has 0 aliphatic rings. The van der Waals surface area contributed by atoms with Gasteiger partial charge in [0.15, 0.2) is 6.04 Å². The predicted molar refractivity (Wildman–Crippen MR) is 55.8 cm³/mol. The molecule has 0 saturated carbocycles. The van der Waals surface area contributed by atoms with Gasteiger partial charge >= 0.3 is 6.18 Å². The van der Waals surface area contributed by atoms with Gasteiger partial charge in [-0.1, -0.05) is 12.1 Å². The Morgan fingerprint density at radius 2 is 1.88 bits per heavy atom. The molecule has 2 N–H and O–H groups in total. The quantitative estimate of drug-likeness (QED) is 0.826. The van der Waals surface area contributed by atoms with E-state index in [0.717, 1.165) is 24.3 Å². The normalized spacial score (nSPS) is 13.2. The second-order valence-corrected chi connectivity index (χ2v) is 3.53. The van der Waals surface area contributed by atoms with Gasteiger partial charge in [0, 0.05) is 0 Å². The fraction of sp³-hybridized carbons (Fsp3) is 0.300. The first-order valence-electron chi connectivity index (χ1n) is 4.55. The number of hydrogen-bond acceptors (Lipinski definition) is 2. The predicted octanol–water partition coefficient (Wildman–Crippen LogP) is 2.35. The number of nitrogens with one attached hydrogen (secondary N) is 1.